The highest BCUT2D eigenvalue weighted by atomic mass is 32.2. The van der Waals surface area contributed by atoms with Gasteiger partial charge in [0.15, 0.2) is 0 Å². The van der Waals surface area contributed by atoms with E-state index in [9.17, 15) is 14.4 Å². The molecular weight excluding hydrogens is 412 g/mol. The molecule has 0 atom stereocenters. The number of hydrogen-bond donors (Lipinski definition) is 0. The molecule has 1 aliphatic rings. The summed E-state index contributed by atoms with van der Waals surface area (Å²) in [5, 5.41) is -0.327. The lowest BCUT2D eigenvalue weighted by atomic mass is 10.1. The van der Waals surface area contributed by atoms with Gasteiger partial charge < -0.3 is 9.30 Å². The molecule has 0 saturated carbocycles. The van der Waals surface area contributed by atoms with E-state index < -0.39 is 5.97 Å². The molecule has 0 radical (unpaired) electrons. The summed E-state index contributed by atoms with van der Waals surface area (Å²) in [5.41, 5.74) is 4.23. The van der Waals surface area contributed by atoms with E-state index in [0.29, 0.717) is 21.8 Å². The summed E-state index contributed by atoms with van der Waals surface area (Å²) >= 11 is 0.918. The van der Waals surface area contributed by atoms with Crippen molar-refractivity contribution >= 4 is 40.6 Å². The van der Waals surface area contributed by atoms with Gasteiger partial charge in [0.1, 0.15) is 0 Å². The van der Waals surface area contributed by atoms with Gasteiger partial charge in [-0.1, -0.05) is 30.3 Å². The maximum Gasteiger partial charge on any atom is 0.339 e. The van der Waals surface area contributed by atoms with E-state index in [-0.39, 0.29) is 11.1 Å². The zero-order chi connectivity index (χ0) is 22.1. The Bertz CT molecular complexity index is 1230. The summed E-state index contributed by atoms with van der Waals surface area (Å²) in [5.74, 6) is -0.769. The van der Waals surface area contributed by atoms with Crippen molar-refractivity contribution in [2.45, 2.75) is 13.8 Å². The zero-order valence-corrected chi connectivity index (χ0v) is 18.1. The highest BCUT2D eigenvalue weighted by Crippen LogP contribution is 2.36. The third-order valence-corrected chi connectivity index (χ3v) is 5.98. The third kappa shape index (κ3) is 3.68. The number of carbonyl (C=O) groups excluding carboxylic acids is 3. The smallest absolute Gasteiger partial charge is 0.339 e. The molecule has 0 N–H and O–H groups in total. The molecule has 1 fully saturated rings. The second-order valence-corrected chi connectivity index (χ2v) is 8.02. The highest BCUT2D eigenvalue weighted by Gasteiger charge is 2.36. The first-order chi connectivity index (χ1) is 14.9. The minimum Gasteiger partial charge on any atom is -0.465 e. The Kier molecular flexibility index (Phi) is 5.52. The van der Waals surface area contributed by atoms with Crippen molar-refractivity contribution in [2.75, 3.05) is 12.0 Å². The minimum atomic E-state index is -0.423. The fraction of sp³-hybridized carbons (Fsp3) is 0.125. The van der Waals surface area contributed by atoms with Crippen molar-refractivity contribution in [3.63, 3.8) is 0 Å². The number of methoxy groups -OCH3 is 1. The lowest BCUT2D eigenvalue weighted by Crippen LogP contribution is -2.27. The Morgan fingerprint density at radius 3 is 2.39 bits per heavy atom. The number of nitrogens with zero attached hydrogens (tertiary/aromatic N) is 2. The van der Waals surface area contributed by atoms with Gasteiger partial charge in [0.05, 0.1) is 29.0 Å². The number of aromatic nitrogens is 1. The monoisotopic (exact) mass is 432 g/mol. The van der Waals surface area contributed by atoms with Crippen LogP contribution in [0.25, 0.3) is 11.8 Å². The number of benzene rings is 2. The first-order valence-corrected chi connectivity index (χ1v) is 10.4. The van der Waals surface area contributed by atoms with Crippen LogP contribution in [-0.2, 0) is 9.53 Å². The largest absolute Gasteiger partial charge is 0.465 e. The van der Waals surface area contributed by atoms with E-state index in [4.69, 9.17) is 4.74 Å². The second kappa shape index (κ2) is 8.28. The molecule has 0 bridgehead atoms. The van der Waals surface area contributed by atoms with E-state index in [2.05, 4.69) is 0 Å². The molecule has 2 amide bonds. The molecule has 3 aromatic rings. The van der Waals surface area contributed by atoms with Crippen molar-refractivity contribution in [3.8, 4) is 5.69 Å². The Morgan fingerprint density at radius 1 is 1.00 bits per heavy atom. The minimum absolute atomic E-state index is 0.327. The highest BCUT2D eigenvalue weighted by molar-refractivity contribution is 8.19. The number of rotatable bonds is 4. The molecule has 0 aliphatic carbocycles. The SMILES string of the molecule is COC(=O)c1ccccc1-n1c(C)cc(/C=C2\SC(=O)N(c3ccccc3)C2=O)c1C. The lowest BCUT2D eigenvalue weighted by molar-refractivity contribution is -0.113. The molecule has 1 aromatic heterocycles. The number of esters is 1. The fourth-order valence-electron chi connectivity index (χ4n) is 3.66. The van der Waals surface area contributed by atoms with Crippen LogP contribution in [0.5, 0.6) is 0 Å². The van der Waals surface area contributed by atoms with E-state index >= 15 is 0 Å². The Balaban J connectivity index is 1.74. The van der Waals surface area contributed by atoms with Crippen molar-refractivity contribution in [1.29, 1.82) is 0 Å². The van der Waals surface area contributed by atoms with Gasteiger partial charge in [-0.15, -0.1) is 0 Å². The fourth-order valence-corrected chi connectivity index (χ4v) is 4.50. The average molecular weight is 433 g/mol. The van der Waals surface area contributed by atoms with Gasteiger partial charge in [-0.05, 0) is 67.6 Å². The van der Waals surface area contributed by atoms with Crippen LogP contribution >= 0.6 is 11.8 Å². The van der Waals surface area contributed by atoms with Crippen LogP contribution in [0.1, 0.15) is 27.3 Å². The second-order valence-electron chi connectivity index (χ2n) is 7.02. The molecule has 2 aromatic carbocycles. The predicted molar refractivity (Wildman–Crippen MR) is 121 cm³/mol. The van der Waals surface area contributed by atoms with Crippen LogP contribution in [0.3, 0.4) is 0 Å². The number of imide groups is 1. The van der Waals surface area contributed by atoms with Gasteiger partial charge in [-0.25, -0.2) is 9.69 Å². The summed E-state index contributed by atoms with van der Waals surface area (Å²) in [4.78, 5) is 39.2. The number of hydrogen-bond acceptors (Lipinski definition) is 5. The molecule has 31 heavy (non-hydrogen) atoms. The summed E-state index contributed by atoms with van der Waals surface area (Å²) in [6, 6.07) is 18.0. The maximum atomic E-state index is 12.9. The molecule has 4 rings (SSSR count). The van der Waals surface area contributed by atoms with Crippen molar-refractivity contribution in [2.24, 2.45) is 0 Å². The summed E-state index contributed by atoms with van der Waals surface area (Å²) < 4.78 is 6.86. The number of aryl methyl sites for hydroxylation is 1. The molecule has 6 nitrogen and oxygen atoms in total. The Morgan fingerprint density at radius 2 is 1.68 bits per heavy atom. The number of ether oxygens (including phenoxy) is 1. The van der Waals surface area contributed by atoms with Gasteiger partial charge in [0, 0.05) is 11.4 Å². The van der Waals surface area contributed by atoms with Crippen LogP contribution in [0.4, 0.5) is 10.5 Å². The summed E-state index contributed by atoms with van der Waals surface area (Å²) in [7, 11) is 1.35. The molecule has 2 heterocycles. The van der Waals surface area contributed by atoms with Crippen molar-refractivity contribution in [3.05, 3.63) is 88.1 Å². The Labute approximate surface area is 184 Å². The van der Waals surface area contributed by atoms with E-state index in [0.717, 1.165) is 28.7 Å². The lowest BCUT2D eigenvalue weighted by Gasteiger charge is -2.13. The number of anilines is 1. The zero-order valence-electron chi connectivity index (χ0n) is 17.3. The van der Waals surface area contributed by atoms with Crippen molar-refractivity contribution in [1.82, 2.24) is 4.57 Å². The van der Waals surface area contributed by atoms with Gasteiger partial charge >= 0.3 is 5.97 Å². The maximum absolute atomic E-state index is 12.9. The van der Waals surface area contributed by atoms with Crippen LogP contribution in [0.2, 0.25) is 0 Å². The molecule has 0 spiro atoms. The molecule has 0 unspecified atom stereocenters. The van der Waals surface area contributed by atoms with E-state index in [1.54, 1.807) is 42.5 Å². The Hall–Kier alpha value is -3.58. The normalized spacial score (nSPS) is 15.1. The van der Waals surface area contributed by atoms with Gasteiger partial charge in [-0.3, -0.25) is 9.59 Å². The van der Waals surface area contributed by atoms with Crippen LogP contribution in [0, 0.1) is 13.8 Å². The number of para-hydroxylation sites is 2. The van der Waals surface area contributed by atoms with Crippen LogP contribution in [-0.4, -0.2) is 28.8 Å². The van der Waals surface area contributed by atoms with Crippen LogP contribution in [0.15, 0.2) is 65.6 Å². The summed E-state index contributed by atoms with van der Waals surface area (Å²) in [6.07, 6.45) is 1.73. The molecule has 1 saturated heterocycles. The molecule has 156 valence electrons. The van der Waals surface area contributed by atoms with E-state index in [1.807, 2.05) is 42.7 Å². The van der Waals surface area contributed by atoms with E-state index in [1.165, 1.54) is 12.0 Å². The molecular formula is C24H20N2O4S. The predicted octanol–water partition coefficient (Wildman–Crippen LogP) is 5.12. The first kappa shape index (κ1) is 20.7. The van der Waals surface area contributed by atoms with Crippen LogP contribution < -0.4 is 4.90 Å². The topological polar surface area (TPSA) is 68.6 Å². The standard InChI is InChI=1S/C24H20N2O4S/c1-15-13-17(16(2)25(15)20-12-8-7-11-19(20)23(28)30-3)14-21-22(27)26(24(29)31-21)18-9-5-4-6-10-18/h4-14H,1-3H3/b21-14-. The molecule has 7 heteroatoms. The van der Waals surface area contributed by atoms with Crippen molar-refractivity contribution < 1.29 is 19.1 Å². The number of thioether (sulfide) groups is 1. The third-order valence-electron chi connectivity index (χ3n) is 5.12. The number of amides is 2. The van der Waals surface area contributed by atoms with Gasteiger partial charge in [0.2, 0.25) is 0 Å². The quantitative estimate of drug-likeness (QED) is 0.423. The van der Waals surface area contributed by atoms with Gasteiger partial charge in [-0.2, -0.15) is 0 Å². The van der Waals surface area contributed by atoms with Gasteiger partial charge in [0.25, 0.3) is 11.1 Å². The first-order valence-electron chi connectivity index (χ1n) is 9.62. The molecule has 1 aliphatic heterocycles. The average Bonchev–Trinajstić information content (AvgIpc) is 3.22. The summed E-state index contributed by atoms with van der Waals surface area (Å²) in [6.45, 7) is 3.84. The number of carbonyl (C=O) groups is 3.